The van der Waals surface area contributed by atoms with Crippen LogP contribution in [0.5, 0.6) is 0 Å². The van der Waals surface area contributed by atoms with E-state index in [0.29, 0.717) is 5.56 Å². The molecule has 0 radical (unpaired) electrons. The Morgan fingerprint density at radius 1 is 1.67 bits per heavy atom. The number of H-pyrrole nitrogens is 1. The topological polar surface area (TPSA) is 62.0 Å². The number of amides is 1. The second-order valence-corrected chi connectivity index (χ2v) is 3.69. The fraction of sp³-hybridized carbons (Fsp3) is 0.200. The van der Waals surface area contributed by atoms with Crippen molar-refractivity contribution in [2.75, 3.05) is 6.54 Å². The summed E-state index contributed by atoms with van der Waals surface area (Å²) in [4.78, 5) is 24.3. The maximum absolute atomic E-state index is 11.2. The first-order chi connectivity index (χ1) is 7.09. The summed E-state index contributed by atoms with van der Waals surface area (Å²) in [6, 6.07) is 1.62. The smallest absolute Gasteiger partial charge is 0.263 e. The van der Waals surface area contributed by atoms with Gasteiger partial charge >= 0.3 is 0 Å². The minimum Gasteiger partial charge on any atom is -0.345 e. The Morgan fingerprint density at radius 3 is 3.07 bits per heavy atom. The van der Waals surface area contributed by atoms with Crippen LogP contribution in [0.25, 0.3) is 0 Å². The van der Waals surface area contributed by atoms with Gasteiger partial charge in [-0.25, -0.2) is 0 Å². The molecule has 4 nitrogen and oxygen atoms in total. The third-order valence-corrected chi connectivity index (χ3v) is 1.97. The molecule has 78 valence electrons. The van der Waals surface area contributed by atoms with Crippen LogP contribution in [-0.4, -0.2) is 17.4 Å². The number of hydrogen-bond donors (Lipinski definition) is 2. The molecule has 15 heavy (non-hydrogen) atoms. The van der Waals surface area contributed by atoms with Crippen molar-refractivity contribution in [2.24, 2.45) is 0 Å². The molecule has 0 fully saturated rings. The van der Waals surface area contributed by atoms with E-state index >= 15 is 0 Å². The summed E-state index contributed by atoms with van der Waals surface area (Å²) in [7, 11) is 0. The number of carbonyl (C=O) groups is 1. The summed E-state index contributed by atoms with van der Waals surface area (Å²) >= 11 is 3.22. The van der Waals surface area contributed by atoms with Gasteiger partial charge in [0, 0.05) is 17.6 Å². The zero-order valence-electron chi connectivity index (χ0n) is 8.06. The second-order valence-electron chi connectivity index (χ2n) is 2.77. The Hall–Kier alpha value is -1.54. The van der Waals surface area contributed by atoms with Crippen LogP contribution in [0.15, 0.2) is 21.5 Å². The van der Waals surface area contributed by atoms with Gasteiger partial charge in [-0.15, -0.1) is 0 Å². The Labute approximate surface area is 95.2 Å². The fourth-order valence-corrected chi connectivity index (χ4v) is 1.20. The molecule has 0 bridgehead atoms. The van der Waals surface area contributed by atoms with Crippen LogP contribution in [0, 0.1) is 11.8 Å². The number of aromatic amines is 1. The third-order valence-electron chi connectivity index (χ3n) is 1.52. The highest BCUT2D eigenvalue weighted by Crippen LogP contribution is 2.05. The normalized spacial score (nSPS) is 8.93. The van der Waals surface area contributed by atoms with Gasteiger partial charge in [0.15, 0.2) is 0 Å². The van der Waals surface area contributed by atoms with Crippen LogP contribution in [0.4, 0.5) is 0 Å². The van der Waals surface area contributed by atoms with E-state index in [-0.39, 0.29) is 18.0 Å². The average Bonchev–Trinajstić information content (AvgIpc) is 2.17. The zero-order chi connectivity index (χ0) is 11.3. The Kier molecular flexibility index (Phi) is 4.13. The first-order valence-corrected chi connectivity index (χ1v) is 5.00. The molecule has 0 unspecified atom stereocenters. The van der Waals surface area contributed by atoms with E-state index in [9.17, 15) is 9.59 Å². The predicted molar refractivity (Wildman–Crippen MR) is 60.3 cm³/mol. The van der Waals surface area contributed by atoms with Crippen LogP contribution in [0.1, 0.15) is 12.5 Å². The van der Waals surface area contributed by atoms with Gasteiger partial charge in [-0.05, 0) is 22.0 Å². The first kappa shape index (κ1) is 11.5. The second kappa shape index (κ2) is 5.37. The van der Waals surface area contributed by atoms with E-state index in [4.69, 9.17) is 0 Å². The maximum Gasteiger partial charge on any atom is 0.263 e. The summed E-state index contributed by atoms with van der Waals surface area (Å²) in [6.45, 7) is 1.65. The lowest BCUT2D eigenvalue weighted by atomic mass is 10.3. The number of pyridine rings is 1. The molecule has 2 N–H and O–H groups in total. The van der Waals surface area contributed by atoms with Gasteiger partial charge in [0.05, 0.1) is 12.1 Å². The molecular weight excluding hydrogens is 260 g/mol. The summed E-state index contributed by atoms with van der Waals surface area (Å²) < 4.78 is 0.755. The maximum atomic E-state index is 11.2. The van der Waals surface area contributed by atoms with E-state index < -0.39 is 0 Å². The monoisotopic (exact) mass is 268 g/mol. The Morgan fingerprint density at radius 2 is 2.40 bits per heavy atom. The number of hydrogen-bond acceptors (Lipinski definition) is 2. The molecule has 1 heterocycles. The molecule has 0 aliphatic heterocycles. The van der Waals surface area contributed by atoms with Gasteiger partial charge in [-0.1, -0.05) is 11.8 Å². The molecule has 5 heteroatoms. The number of nitrogens with one attached hydrogen (secondary N) is 2. The van der Waals surface area contributed by atoms with E-state index in [1.165, 1.54) is 6.92 Å². The molecule has 0 aromatic carbocycles. The van der Waals surface area contributed by atoms with Crippen molar-refractivity contribution in [3.8, 4) is 11.8 Å². The molecule has 1 rings (SSSR count). The molecule has 0 saturated carbocycles. The Bertz CT molecular complexity index is 482. The molecule has 0 atom stereocenters. The quantitative estimate of drug-likeness (QED) is 0.734. The molecule has 1 aromatic rings. The van der Waals surface area contributed by atoms with Crippen LogP contribution in [0.2, 0.25) is 0 Å². The number of halogens is 1. The van der Waals surface area contributed by atoms with Gasteiger partial charge in [0.2, 0.25) is 5.91 Å². The van der Waals surface area contributed by atoms with Crippen molar-refractivity contribution in [3.05, 3.63) is 32.7 Å². The lowest BCUT2D eigenvalue weighted by Crippen LogP contribution is -2.19. The van der Waals surface area contributed by atoms with Crippen molar-refractivity contribution in [2.45, 2.75) is 6.92 Å². The highest BCUT2D eigenvalue weighted by molar-refractivity contribution is 9.10. The first-order valence-electron chi connectivity index (χ1n) is 4.21. The zero-order valence-corrected chi connectivity index (χ0v) is 9.64. The molecular formula is C10H9BrN2O2. The Balaban J connectivity index is 2.75. The summed E-state index contributed by atoms with van der Waals surface area (Å²) in [6.07, 6.45) is 1.54. The van der Waals surface area contributed by atoms with Crippen LogP contribution in [-0.2, 0) is 4.79 Å². The molecule has 1 aromatic heterocycles. The SMILES string of the molecule is CC(=O)NCC#Cc1cc(Br)c[nH]c1=O. The largest absolute Gasteiger partial charge is 0.345 e. The van der Waals surface area contributed by atoms with Gasteiger partial charge < -0.3 is 10.3 Å². The lowest BCUT2D eigenvalue weighted by molar-refractivity contribution is -0.118. The van der Waals surface area contributed by atoms with E-state index in [2.05, 4.69) is 38.1 Å². The fourth-order valence-electron chi connectivity index (χ4n) is 0.858. The van der Waals surface area contributed by atoms with Gasteiger partial charge in [-0.3, -0.25) is 9.59 Å². The van der Waals surface area contributed by atoms with Gasteiger partial charge in [0.1, 0.15) is 0 Å². The minimum absolute atomic E-state index is 0.146. The molecule has 1 amide bonds. The standard InChI is InChI=1S/C10H9BrN2O2/c1-7(14)12-4-2-3-8-5-9(11)6-13-10(8)15/h5-6H,4H2,1H3,(H,12,14)(H,13,15). The van der Waals surface area contributed by atoms with E-state index in [1.54, 1.807) is 12.3 Å². The molecule has 0 saturated heterocycles. The lowest BCUT2D eigenvalue weighted by Gasteiger charge is -1.92. The molecule has 0 spiro atoms. The minimum atomic E-state index is -0.242. The molecule has 0 aliphatic carbocycles. The summed E-state index contributed by atoms with van der Waals surface area (Å²) in [5, 5.41) is 2.51. The van der Waals surface area contributed by atoms with Crippen LogP contribution in [0.3, 0.4) is 0 Å². The number of rotatable bonds is 1. The highest BCUT2D eigenvalue weighted by Gasteiger charge is 1.95. The third kappa shape index (κ3) is 4.00. The van der Waals surface area contributed by atoms with E-state index in [1.807, 2.05) is 0 Å². The number of carbonyl (C=O) groups excluding carboxylic acids is 1. The number of aromatic nitrogens is 1. The summed E-state index contributed by atoms with van der Waals surface area (Å²) in [5.74, 6) is 5.20. The van der Waals surface area contributed by atoms with E-state index in [0.717, 1.165) is 4.47 Å². The van der Waals surface area contributed by atoms with Gasteiger partial charge in [-0.2, -0.15) is 0 Å². The van der Waals surface area contributed by atoms with Crippen molar-refractivity contribution in [1.29, 1.82) is 0 Å². The predicted octanol–water partition coefficient (Wildman–Crippen LogP) is 0.625. The summed E-state index contributed by atoms with van der Waals surface area (Å²) in [5.41, 5.74) is 0.128. The van der Waals surface area contributed by atoms with Gasteiger partial charge in [0.25, 0.3) is 5.56 Å². The molecule has 0 aliphatic rings. The van der Waals surface area contributed by atoms with Crippen molar-refractivity contribution < 1.29 is 4.79 Å². The average molecular weight is 269 g/mol. The van der Waals surface area contributed by atoms with Crippen LogP contribution >= 0.6 is 15.9 Å². The van der Waals surface area contributed by atoms with Crippen molar-refractivity contribution in [3.63, 3.8) is 0 Å². The highest BCUT2D eigenvalue weighted by atomic mass is 79.9. The van der Waals surface area contributed by atoms with Crippen LogP contribution < -0.4 is 10.9 Å². The van der Waals surface area contributed by atoms with Crippen molar-refractivity contribution >= 4 is 21.8 Å². The van der Waals surface area contributed by atoms with Crippen molar-refractivity contribution in [1.82, 2.24) is 10.3 Å².